The summed E-state index contributed by atoms with van der Waals surface area (Å²) >= 11 is 7.70. The van der Waals surface area contributed by atoms with Crippen molar-refractivity contribution in [1.82, 2.24) is 8.75 Å². The topological polar surface area (TPSA) is 137 Å². The van der Waals surface area contributed by atoms with E-state index in [9.17, 15) is 0 Å². The minimum atomic E-state index is -0.632. The number of aromatic nitrogens is 2. The zero-order valence-corrected chi connectivity index (χ0v) is 34.2. The first-order valence-corrected chi connectivity index (χ1v) is 20.9. The molecule has 14 nitrogen and oxygen atoms in total. The summed E-state index contributed by atoms with van der Waals surface area (Å²) < 4.78 is 34.8. The van der Waals surface area contributed by atoms with E-state index in [-0.39, 0.29) is 39.6 Å². The first kappa shape index (κ1) is 38.6. The SMILES string of the molecule is COOCC1(COOC)COc2csc(-c3ccc(-c4ccc(-c5ccc(-c6scc7c6OCC(COOC)(COOC)CO7)s5)c5nsnc45)s3)c2OC1. The van der Waals surface area contributed by atoms with Crippen LogP contribution in [0.4, 0.5) is 0 Å². The van der Waals surface area contributed by atoms with Crippen molar-refractivity contribution in [2.45, 2.75) is 0 Å². The van der Waals surface area contributed by atoms with Crippen molar-refractivity contribution in [3.8, 4) is 63.4 Å². The molecule has 5 aromatic heterocycles. The number of ether oxygens (including phenoxy) is 4. The maximum atomic E-state index is 6.39. The number of benzene rings is 1. The fourth-order valence-electron chi connectivity index (χ4n) is 6.10. The molecule has 55 heavy (non-hydrogen) atoms. The van der Waals surface area contributed by atoms with E-state index in [0.29, 0.717) is 36.2 Å². The van der Waals surface area contributed by atoms with E-state index in [1.54, 1.807) is 45.3 Å². The lowest BCUT2D eigenvalue weighted by atomic mass is 9.92. The predicted octanol–water partition coefficient (Wildman–Crippen LogP) is 8.43. The Morgan fingerprint density at radius 1 is 0.527 bits per heavy atom. The lowest BCUT2D eigenvalue weighted by Gasteiger charge is -2.28. The van der Waals surface area contributed by atoms with Crippen molar-refractivity contribution in [2.24, 2.45) is 10.8 Å². The Morgan fingerprint density at radius 3 is 1.31 bits per heavy atom. The highest BCUT2D eigenvalue weighted by atomic mass is 32.1. The molecule has 0 radical (unpaired) electrons. The summed E-state index contributed by atoms with van der Waals surface area (Å²) in [5.41, 5.74) is 2.47. The maximum absolute atomic E-state index is 6.39. The van der Waals surface area contributed by atoms with Gasteiger partial charge in [-0.25, -0.2) is 39.1 Å². The van der Waals surface area contributed by atoms with Gasteiger partial charge in [-0.05, 0) is 24.3 Å². The second-order valence-corrected chi connectivity index (χ2v) is 17.3. The summed E-state index contributed by atoms with van der Waals surface area (Å²) in [6, 6.07) is 12.7. The van der Waals surface area contributed by atoms with Gasteiger partial charge in [-0.15, -0.1) is 45.3 Å². The van der Waals surface area contributed by atoms with Gasteiger partial charge in [-0.3, -0.25) is 0 Å². The molecule has 0 bridgehead atoms. The average Bonchev–Trinajstić information content (AvgIpc) is 4.06. The van der Waals surface area contributed by atoms with E-state index in [0.717, 1.165) is 51.4 Å². The molecular weight excluding hydrogens is 813 g/mol. The van der Waals surface area contributed by atoms with E-state index >= 15 is 0 Å². The van der Waals surface area contributed by atoms with Gasteiger partial charge in [0.2, 0.25) is 0 Å². The summed E-state index contributed by atoms with van der Waals surface area (Å²) in [4.78, 5) is 46.8. The van der Waals surface area contributed by atoms with E-state index in [1.807, 2.05) is 10.8 Å². The van der Waals surface area contributed by atoms with Gasteiger partial charge < -0.3 is 18.9 Å². The van der Waals surface area contributed by atoms with Crippen LogP contribution in [0, 0.1) is 10.8 Å². The molecule has 0 saturated carbocycles. The fourth-order valence-corrected chi connectivity index (χ4v) is 10.8. The summed E-state index contributed by atoms with van der Waals surface area (Å²) in [6.45, 7) is 2.01. The molecule has 7 heterocycles. The van der Waals surface area contributed by atoms with E-state index in [2.05, 4.69) is 36.4 Å². The van der Waals surface area contributed by atoms with Crippen LogP contribution in [0.1, 0.15) is 0 Å². The molecule has 0 aliphatic carbocycles. The Kier molecular flexibility index (Phi) is 12.0. The Bertz CT molecular complexity index is 2040. The zero-order chi connectivity index (χ0) is 37.8. The summed E-state index contributed by atoms with van der Waals surface area (Å²) in [7, 11) is 5.85. The third-order valence-corrected chi connectivity index (χ3v) is 14.1. The first-order valence-electron chi connectivity index (χ1n) is 16.8. The highest BCUT2D eigenvalue weighted by molar-refractivity contribution is 7.24. The lowest BCUT2D eigenvalue weighted by molar-refractivity contribution is -0.327. The van der Waals surface area contributed by atoms with Gasteiger partial charge in [0.25, 0.3) is 0 Å². The van der Waals surface area contributed by atoms with Crippen molar-refractivity contribution in [1.29, 1.82) is 0 Å². The molecule has 0 amide bonds. The van der Waals surface area contributed by atoms with Crippen molar-refractivity contribution in [3.05, 3.63) is 47.2 Å². The van der Waals surface area contributed by atoms with Crippen molar-refractivity contribution >= 4 is 68.1 Å². The number of thiophene rings is 4. The van der Waals surface area contributed by atoms with E-state index in [1.165, 1.54) is 40.2 Å². The van der Waals surface area contributed by atoms with Crippen LogP contribution >= 0.6 is 57.1 Å². The number of nitrogens with zero attached hydrogens (tertiary/aromatic N) is 2. The van der Waals surface area contributed by atoms with Gasteiger partial charge in [0.1, 0.15) is 37.5 Å². The summed E-state index contributed by atoms with van der Waals surface area (Å²) in [5, 5.41) is 3.94. The molecule has 0 saturated heterocycles. The molecule has 0 spiro atoms. The predicted molar refractivity (Wildman–Crippen MR) is 209 cm³/mol. The van der Waals surface area contributed by atoms with Crippen LogP contribution in [-0.2, 0) is 39.1 Å². The van der Waals surface area contributed by atoms with Crippen LogP contribution in [0.5, 0.6) is 23.0 Å². The summed E-state index contributed by atoms with van der Waals surface area (Å²) in [6.07, 6.45) is 0. The molecular formula is C36H36N2O12S5. The minimum absolute atomic E-state index is 0.206. The highest BCUT2D eigenvalue weighted by Crippen LogP contribution is 2.52. The quantitative estimate of drug-likeness (QED) is 0.0681. The van der Waals surface area contributed by atoms with Crippen LogP contribution < -0.4 is 18.9 Å². The Labute approximate surface area is 335 Å². The van der Waals surface area contributed by atoms with E-state index < -0.39 is 10.8 Å². The van der Waals surface area contributed by atoms with Gasteiger partial charge in [-0.2, -0.15) is 8.75 Å². The fraction of sp³-hybridized carbons (Fsp3) is 0.389. The molecule has 19 heteroatoms. The largest absolute Gasteiger partial charge is 0.488 e. The normalized spacial score (nSPS) is 16.0. The standard InChI is InChI=1S/C36H36N2O12S5/c1-39-47-17-35(18-48-40-2)13-43-23-11-51-33(31(23)45-15-35)27-9-7-25(53-27)21-5-6-22(30-29(21)37-55-38-30)26-8-10-28(54-26)34-32-24(12-52-34)44-14-36(16-46-32,19-49-41-3)20-50-42-4/h5-12H,13-20H2,1-4H3. The van der Waals surface area contributed by atoms with Crippen molar-refractivity contribution in [2.75, 3.05) is 81.3 Å². The zero-order valence-electron chi connectivity index (χ0n) is 30.1. The van der Waals surface area contributed by atoms with Gasteiger partial charge in [0, 0.05) is 41.4 Å². The van der Waals surface area contributed by atoms with Crippen LogP contribution in [0.15, 0.2) is 47.2 Å². The van der Waals surface area contributed by atoms with Gasteiger partial charge in [0.15, 0.2) is 23.0 Å². The second-order valence-electron chi connectivity index (χ2n) is 12.8. The van der Waals surface area contributed by atoms with Crippen molar-refractivity contribution in [3.63, 3.8) is 0 Å². The lowest BCUT2D eigenvalue weighted by Crippen LogP contribution is -2.42. The van der Waals surface area contributed by atoms with Gasteiger partial charge in [-0.1, -0.05) is 12.1 Å². The summed E-state index contributed by atoms with van der Waals surface area (Å²) in [5.74, 6) is 2.74. The molecule has 6 aromatic rings. The second kappa shape index (κ2) is 17.1. The van der Waals surface area contributed by atoms with Crippen LogP contribution in [0.3, 0.4) is 0 Å². The smallest absolute Gasteiger partial charge is 0.180 e. The molecule has 2 aliphatic rings. The molecule has 0 atom stereocenters. The third-order valence-electron chi connectivity index (χ3n) is 9.08. The van der Waals surface area contributed by atoms with Crippen molar-refractivity contribution < 1.29 is 58.0 Å². The Balaban J connectivity index is 1.02. The van der Waals surface area contributed by atoms with Gasteiger partial charge >= 0.3 is 0 Å². The molecule has 2 aliphatic heterocycles. The minimum Gasteiger partial charge on any atom is -0.488 e. The average molecular weight is 849 g/mol. The van der Waals surface area contributed by atoms with Crippen LogP contribution in [0.2, 0.25) is 0 Å². The highest BCUT2D eigenvalue weighted by Gasteiger charge is 2.40. The van der Waals surface area contributed by atoms with E-state index in [4.69, 9.17) is 66.8 Å². The molecule has 0 unspecified atom stereocenters. The Morgan fingerprint density at radius 2 is 0.909 bits per heavy atom. The molecule has 292 valence electrons. The number of rotatable bonds is 16. The molecule has 0 N–H and O–H groups in total. The monoisotopic (exact) mass is 848 g/mol. The number of hydrogen-bond acceptors (Lipinski definition) is 19. The van der Waals surface area contributed by atoms with Crippen LogP contribution in [-0.4, -0.2) is 90.0 Å². The van der Waals surface area contributed by atoms with Crippen LogP contribution in [0.25, 0.3) is 51.4 Å². The molecule has 0 fully saturated rings. The van der Waals surface area contributed by atoms with Gasteiger partial charge in [0.05, 0.1) is 87.2 Å². The maximum Gasteiger partial charge on any atom is 0.180 e. The number of hydrogen-bond donors (Lipinski definition) is 0. The molecule has 1 aromatic carbocycles. The first-order chi connectivity index (χ1) is 27.0. The third kappa shape index (κ3) is 7.87. The Hall–Kier alpha value is -3.28. The molecule has 8 rings (SSSR count). The number of fused-ring (bicyclic) bond motifs is 3.